The van der Waals surface area contributed by atoms with Gasteiger partial charge in [0.25, 0.3) is 0 Å². The lowest BCUT2D eigenvalue weighted by molar-refractivity contribution is -0.159. The predicted molar refractivity (Wildman–Crippen MR) is 113 cm³/mol. The fraction of sp³-hybridized carbons (Fsp3) is 0.318. The van der Waals surface area contributed by atoms with Gasteiger partial charge in [0.2, 0.25) is 0 Å². The topological polar surface area (TPSA) is 73.9 Å². The average molecular weight is 469 g/mol. The van der Waals surface area contributed by atoms with Gasteiger partial charge in [-0.3, -0.25) is 9.88 Å². The van der Waals surface area contributed by atoms with Gasteiger partial charge < -0.3 is 13.8 Å². The summed E-state index contributed by atoms with van der Waals surface area (Å²) in [4.78, 5) is 12.4. The Morgan fingerprint density at radius 1 is 0.969 bits per heavy atom. The summed E-state index contributed by atoms with van der Waals surface area (Å²) in [5.74, 6) is 4.25. The normalized spacial score (nSPS) is 13.4. The molecule has 0 aliphatic heterocycles. The van der Waals surface area contributed by atoms with Crippen molar-refractivity contribution in [2.45, 2.75) is 31.9 Å². The second kappa shape index (κ2) is 11.2. The van der Waals surface area contributed by atoms with E-state index in [1.165, 1.54) is 26.0 Å². The molecule has 2 aromatic carbocycles. The molecule has 0 radical (unpaired) electrons. The molecule has 0 bridgehead atoms. The Hall–Kier alpha value is -2.79. The van der Waals surface area contributed by atoms with Crippen molar-refractivity contribution in [2.75, 3.05) is 13.2 Å². The van der Waals surface area contributed by atoms with Gasteiger partial charge in [-0.05, 0) is 37.5 Å². The van der Waals surface area contributed by atoms with Crippen LogP contribution in [-0.2, 0) is 25.0 Å². The largest absolute Gasteiger partial charge is 0.445 e. The molecule has 1 atom stereocenters. The summed E-state index contributed by atoms with van der Waals surface area (Å²) >= 11 is 0. The highest BCUT2D eigenvalue weighted by molar-refractivity contribution is 7.56. The summed E-state index contributed by atoms with van der Waals surface area (Å²) in [7, 11) is -5.08. The van der Waals surface area contributed by atoms with E-state index in [-0.39, 0.29) is 25.4 Å². The van der Waals surface area contributed by atoms with E-state index in [0.29, 0.717) is 5.56 Å². The SMILES string of the molecule is CCOP(=O)(OCC)C(C#Cc1ccccc1)(NC(=O)OCc1ccccc1)C(F)(F)F. The first-order valence-corrected chi connectivity index (χ1v) is 11.2. The Labute approximate surface area is 184 Å². The van der Waals surface area contributed by atoms with Crippen LogP contribution in [-0.4, -0.2) is 30.8 Å². The quantitative estimate of drug-likeness (QED) is 0.409. The van der Waals surface area contributed by atoms with E-state index in [1.807, 2.05) is 5.92 Å². The first-order chi connectivity index (χ1) is 15.2. The minimum absolute atomic E-state index is 0.208. The van der Waals surface area contributed by atoms with Crippen molar-refractivity contribution in [3.8, 4) is 11.8 Å². The fourth-order valence-corrected chi connectivity index (χ4v) is 4.50. The summed E-state index contributed by atoms with van der Waals surface area (Å²) in [5.41, 5.74) is 0.758. The maximum atomic E-state index is 14.4. The van der Waals surface area contributed by atoms with Crippen molar-refractivity contribution in [1.29, 1.82) is 0 Å². The minimum Gasteiger partial charge on any atom is -0.445 e. The third-order valence-electron chi connectivity index (χ3n) is 4.08. The van der Waals surface area contributed by atoms with Crippen LogP contribution in [0.5, 0.6) is 0 Å². The van der Waals surface area contributed by atoms with E-state index >= 15 is 0 Å². The van der Waals surface area contributed by atoms with Crippen molar-refractivity contribution in [1.82, 2.24) is 5.32 Å². The van der Waals surface area contributed by atoms with Crippen LogP contribution in [0.1, 0.15) is 25.0 Å². The lowest BCUT2D eigenvalue weighted by Gasteiger charge is -2.36. The molecule has 32 heavy (non-hydrogen) atoms. The number of hydrogen-bond acceptors (Lipinski definition) is 5. The summed E-state index contributed by atoms with van der Waals surface area (Å²) in [6.45, 7) is 1.66. The van der Waals surface area contributed by atoms with Gasteiger partial charge in [0.15, 0.2) is 0 Å². The Morgan fingerprint density at radius 3 is 2.00 bits per heavy atom. The number of alkyl halides is 3. The van der Waals surface area contributed by atoms with Crippen LogP contribution < -0.4 is 5.32 Å². The number of rotatable bonds is 8. The maximum Gasteiger partial charge on any atom is 0.435 e. The van der Waals surface area contributed by atoms with Gasteiger partial charge in [-0.25, -0.2) is 4.79 Å². The molecule has 0 spiro atoms. The Balaban J connectivity index is 2.51. The van der Waals surface area contributed by atoms with Crippen LogP contribution in [0.3, 0.4) is 0 Å². The number of ether oxygens (including phenoxy) is 1. The van der Waals surface area contributed by atoms with Crippen molar-refractivity contribution in [3.63, 3.8) is 0 Å². The molecule has 0 aromatic heterocycles. The lowest BCUT2D eigenvalue weighted by Crippen LogP contribution is -2.58. The Morgan fingerprint density at radius 2 is 1.50 bits per heavy atom. The molecule has 1 unspecified atom stereocenters. The fourth-order valence-electron chi connectivity index (χ4n) is 2.63. The average Bonchev–Trinajstić information content (AvgIpc) is 2.76. The Kier molecular flexibility index (Phi) is 8.90. The number of alkyl carbamates (subject to hydrolysis) is 1. The highest BCUT2D eigenvalue weighted by Gasteiger charge is 2.69. The molecule has 0 fully saturated rings. The number of carbonyl (C=O) groups is 1. The first kappa shape index (κ1) is 25.5. The predicted octanol–water partition coefficient (Wildman–Crippen LogP) is 5.49. The molecular weight excluding hydrogens is 446 g/mol. The van der Waals surface area contributed by atoms with E-state index in [9.17, 15) is 22.5 Å². The monoisotopic (exact) mass is 469 g/mol. The van der Waals surface area contributed by atoms with Gasteiger partial charge in [0, 0.05) is 5.56 Å². The molecule has 172 valence electrons. The Bertz CT molecular complexity index is 979. The van der Waals surface area contributed by atoms with Gasteiger partial charge >= 0.3 is 25.1 Å². The van der Waals surface area contributed by atoms with Crippen LogP contribution >= 0.6 is 7.60 Å². The van der Waals surface area contributed by atoms with Gasteiger partial charge in [-0.1, -0.05) is 54.5 Å². The van der Waals surface area contributed by atoms with Gasteiger partial charge in [-0.2, -0.15) is 13.2 Å². The highest BCUT2D eigenvalue weighted by atomic mass is 31.2. The first-order valence-electron chi connectivity index (χ1n) is 9.70. The third-order valence-corrected chi connectivity index (χ3v) is 6.57. The van der Waals surface area contributed by atoms with E-state index in [0.717, 1.165) is 0 Å². The number of carbonyl (C=O) groups excluding carboxylic acids is 1. The molecule has 2 aromatic rings. The molecule has 10 heteroatoms. The van der Waals surface area contributed by atoms with E-state index < -0.39 is 25.1 Å². The summed E-state index contributed by atoms with van der Waals surface area (Å²) in [6.07, 6.45) is -6.81. The second-order valence-corrected chi connectivity index (χ2v) is 8.53. The maximum absolute atomic E-state index is 14.4. The van der Waals surface area contributed by atoms with Crippen LogP contribution in [0, 0.1) is 11.8 Å². The zero-order valence-corrected chi connectivity index (χ0v) is 18.4. The third kappa shape index (κ3) is 6.13. The number of amides is 1. The van der Waals surface area contributed by atoms with E-state index in [2.05, 4.69) is 5.92 Å². The summed E-state index contributed by atoms with van der Waals surface area (Å²) < 4.78 is 71.5. The van der Waals surface area contributed by atoms with Crippen molar-refractivity contribution < 1.29 is 36.3 Å². The molecule has 2 rings (SSSR count). The standard InChI is InChI=1S/C22H23F3NO5P/c1-3-30-32(28,31-4-2)21(22(23,24)25,16-15-18-11-7-5-8-12-18)26-20(27)29-17-19-13-9-6-10-14-19/h5-14H,3-4,17H2,1-2H3,(H,26,27). The number of hydrogen-bond donors (Lipinski definition) is 1. The smallest absolute Gasteiger partial charge is 0.435 e. The molecule has 1 N–H and O–H groups in total. The minimum atomic E-state index is -5.33. The molecular formula is C22H23F3NO5P. The van der Waals surface area contributed by atoms with Crippen molar-refractivity contribution >= 4 is 13.7 Å². The van der Waals surface area contributed by atoms with Crippen molar-refractivity contribution in [3.05, 3.63) is 71.8 Å². The van der Waals surface area contributed by atoms with Crippen LogP contribution in [0.2, 0.25) is 0 Å². The van der Waals surface area contributed by atoms with Crippen LogP contribution in [0.15, 0.2) is 60.7 Å². The molecule has 6 nitrogen and oxygen atoms in total. The molecule has 0 aliphatic rings. The summed E-state index contributed by atoms with van der Waals surface area (Å²) in [5, 5.41) is -2.01. The van der Waals surface area contributed by atoms with Gasteiger partial charge in [0.05, 0.1) is 13.2 Å². The zero-order chi connectivity index (χ0) is 23.7. The van der Waals surface area contributed by atoms with Crippen LogP contribution in [0.4, 0.5) is 18.0 Å². The van der Waals surface area contributed by atoms with E-state index in [4.69, 9.17) is 13.8 Å². The molecule has 1 amide bonds. The van der Waals surface area contributed by atoms with Crippen molar-refractivity contribution in [2.24, 2.45) is 0 Å². The zero-order valence-electron chi connectivity index (χ0n) is 17.5. The molecule has 0 saturated carbocycles. The summed E-state index contributed by atoms with van der Waals surface area (Å²) in [6, 6.07) is 16.1. The molecule has 0 saturated heterocycles. The number of nitrogens with one attached hydrogen (secondary N) is 1. The lowest BCUT2D eigenvalue weighted by atomic mass is 10.2. The molecule has 0 heterocycles. The second-order valence-electron chi connectivity index (χ2n) is 6.34. The van der Waals surface area contributed by atoms with Gasteiger partial charge in [0.1, 0.15) is 6.61 Å². The number of benzene rings is 2. The van der Waals surface area contributed by atoms with E-state index in [1.54, 1.807) is 53.8 Å². The highest BCUT2D eigenvalue weighted by Crippen LogP contribution is 2.64. The molecule has 0 aliphatic carbocycles. The van der Waals surface area contributed by atoms with Crippen LogP contribution in [0.25, 0.3) is 0 Å². The van der Waals surface area contributed by atoms with Gasteiger partial charge in [-0.15, -0.1) is 0 Å². The number of halogens is 3.